The van der Waals surface area contributed by atoms with Crippen molar-refractivity contribution in [3.63, 3.8) is 0 Å². The van der Waals surface area contributed by atoms with Crippen molar-refractivity contribution >= 4 is 21.5 Å². The Morgan fingerprint density at radius 3 is 2.35 bits per heavy atom. The number of nitrogens with one attached hydrogen (secondary N) is 1. The minimum Gasteiger partial charge on any atom is -0.300 e. The van der Waals surface area contributed by atoms with E-state index in [1.54, 1.807) is 0 Å². The van der Waals surface area contributed by atoms with E-state index in [4.69, 9.17) is 0 Å². The van der Waals surface area contributed by atoms with Crippen LogP contribution in [0.15, 0.2) is 72.8 Å². The molecule has 2 atom stereocenters. The zero-order valence-corrected chi connectivity index (χ0v) is 12.6. The molecule has 1 nitrogen and oxygen atoms in total. The summed E-state index contributed by atoms with van der Waals surface area (Å²) in [5.74, 6) is 0. The van der Waals surface area contributed by atoms with Gasteiger partial charge in [0, 0.05) is 0 Å². The number of rotatable bonds is 0. The summed E-state index contributed by atoms with van der Waals surface area (Å²) in [7, 11) is 0. The monoisotopic (exact) mass is 293 g/mol. The molecule has 0 aromatic heterocycles. The second-order valence-electron chi connectivity index (χ2n) is 6.66. The largest absolute Gasteiger partial charge is 0.300 e. The van der Waals surface area contributed by atoms with Crippen LogP contribution in [-0.4, -0.2) is 0 Å². The Balaban J connectivity index is 1.75. The summed E-state index contributed by atoms with van der Waals surface area (Å²) in [6, 6.07) is 27.8. The van der Waals surface area contributed by atoms with Gasteiger partial charge in [0.2, 0.25) is 0 Å². The first-order chi connectivity index (χ1) is 11.4. The number of hydrogen-bond acceptors (Lipinski definition) is 1. The van der Waals surface area contributed by atoms with Crippen molar-refractivity contribution in [2.75, 3.05) is 0 Å². The second-order valence-corrected chi connectivity index (χ2v) is 6.66. The van der Waals surface area contributed by atoms with Crippen molar-refractivity contribution in [2.24, 2.45) is 0 Å². The molecule has 1 aliphatic carbocycles. The Hall–Kier alpha value is -2.64. The Morgan fingerprint density at radius 1 is 0.565 bits per heavy atom. The maximum absolute atomic E-state index is 3.66. The van der Waals surface area contributed by atoms with Gasteiger partial charge in [0.1, 0.15) is 0 Å². The average molecular weight is 293 g/mol. The smallest absolute Gasteiger partial charge is 0.0530 e. The summed E-state index contributed by atoms with van der Waals surface area (Å²) in [6.07, 6.45) is 0. The van der Waals surface area contributed by atoms with E-state index in [-0.39, 0.29) is 0 Å². The first-order valence-electron chi connectivity index (χ1n) is 8.21. The highest BCUT2D eigenvalue weighted by Gasteiger charge is 2.44. The van der Waals surface area contributed by atoms with Crippen LogP contribution in [0.1, 0.15) is 23.2 Å². The molecule has 6 rings (SSSR count). The zero-order chi connectivity index (χ0) is 15.0. The molecule has 23 heavy (non-hydrogen) atoms. The quantitative estimate of drug-likeness (QED) is 0.342. The summed E-state index contributed by atoms with van der Waals surface area (Å²) in [4.78, 5) is 0. The standard InChI is InChI=1S/C22H15N/c1-2-6-15-13(5-1)9-10-14-11-19-16-7-3-4-8-17(16)21-22(23-21)20(19)12-18(14)15/h1-12,21-23H. The predicted molar refractivity (Wildman–Crippen MR) is 95.5 cm³/mol. The summed E-state index contributed by atoms with van der Waals surface area (Å²) < 4.78 is 0. The first kappa shape index (κ1) is 11.9. The third-order valence-corrected chi connectivity index (χ3v) is 5.42. The molecule has 1 saturated heterocycles. The average Bonchev–Trinajstić information content (AvgIpc) is 3.42. The van der Waals surface area contributed by atoms with E-state index in [0.29, 0.717) is 12.1 Å². The third kappa shape index (κ3) is 1.50. The molecule has 1 aliphatic heterocycles. The summed E-state index contributed by atoms with van der Waals surface area (Å²) in [5, 5.41) is 9.02. The van der Waals surface area contributed by atoms with E-state index in [2.05, 4.69) is 78.1 Å². The van der Waals surface area contributed by atoms with Gasteiger partial charge >= 0.3 is 0 Å². The molecule has 108 valence electrons. The van der Waals surface area contributed by atoms with Crippen molar-refractivity contribution in [2.45, 2.75) is 12.1 Å². The minimum absolute atomic E-state index is 0.489. The van der Waals surface area contributed by atoms with Gasteiger partial charge in [-0.1, -0.05) is 60.7 Å². The fraction of sp³-hybridized carbons (Fsp3) is 0.0909. The van der Waals surface area contributed by atoms with Crippen molar-refractivity contribution < 1.29 is 0 Å². The predicted octanol–water partition coefficient (Wildman–Crippen LogP) is 5.36. The van der Waals surface area contributed by atoms with Crippen LogP contribution in [0.2, 0.25) is 0 Å². The molecule has 2 aliphatic rings. The molecular formula is C22H15N. The van der Waals surface area contributed by atoms with E-state index < -0.39 is 0 Å². The van der Waals surface area contributed by atoms with E-state index >= 15 is 0 Å². The molecule has 4 aromatic carbocycles. The van der Waals surface area contributed by atoms with E-state index in [1.165, 1.54) is 43.8 Å². The van der Waals surface area contributed by atoms with Crippen LogP contribution in [0.25, 0.3) is 32.7 Å². The fourth-order valence-electron chi connectivity index (χ4n) is 4.25. The second kappa shape index (κ2) is 4.01. The molecule has 2 unspecified atom stereocenters. The summed E-state index contributed by atoms with van der Waals surface area (Å²) in [6.45, 7) is 0. The molecule has 0 radical (unpaired) electrons. The van der Waals surface area contributed by atoms with Crippen molar-refractivity contribution in [1.29, 1.82) is 0 Å². The van der Waals surface area contributed by atoms with Gasteiger partial charge in [0.15, 0.2) is 0 Å². The van der Waals surface area contributed by atoms with Crippen molar-refractivity contribution in [3.05, 3.63) is 83.9 Å². The summed E-state index contributed by atoms with van der Waals surface area (Å²) >= 11 is 0. The minimum atomic E-state index is 0.489. The van der Waals surface area contributed by atoms with Crippen molar-refractivity contribution in [1.82, 2.24) is 5.32 Å². The van der Waals surface area contributed by atoms with Crippen LogP contribution in [0.5, 0.6) is 0 Å². The van der Waals surface area contributed by atoms with Crippen molar-refractivity contribution in [3.8, 4) is 11.1 Å². The molecule has 0 amide bonds. The molecule has 4 aromatic rings. The maximum Gasteiger partial charge on any atom is 0.0530 e. The van der Waals surface area contributed by atoms with Gasteiger partial charge < -0.3 is 0 Å². The van der Waals surface area contributed by atoms with E-state index in [9.17, 15) is 0 Å². The molecule has 0 bridgehead atoms. The van der Waals surface area contributed by atoms with Gasteiger partial charge in [-0.3, -0.25) is 5.32 Å². The van der Waals surface area contributed by atoms with Gasteiger partial charge in [-0.15, -0.1) is 0 Å². The van der Waals surface area contributed by atoms with Gasteiger partial charge in [0.25, 0.3) is 0 Å². The Kier molecular flexibility index (Phi) is 2.07. The highest BCUT2D eigenvalue weighted by Crippen LogP contribution is 2.54. The topological polar surface area (TPSA) is 21.9 Å². The molecular weight excluding hydrogens is 278 g/mol. The maximum atomic E-state index is 3.66. The molecule has 1 N–H and O–H groups in total. The normalized spacial score (nSPS) is 20.9. The number of fused-ring (bicyclic) bond motifs is 9. The number of hydrogen-bond donors (Lipinski definition) is 1. The SMILES string of the molecule is c1ccc2c(c1)-c1cc3ccc4ccccc4c3cc1C1NC21. The molecule has 0 saturated carbocycles. The fourth-order valence-corrected chi connectivity index (χ4v) is 4.25. The molecule has 0 spiro atoms. The van der Waals surface area contributed by atoms with Gasteiger partial charge in [-0.2, -0.15) is 0 Å². The van der Waals surface area contributed by atoms with E-state index in [1.807, 2.05) is 0 Å². The van der Waals surface area contributed by atoms with Crippen LogP contribution >= 0.6 is 0 Å². The number of benzene rings is 4. The highest BCUT2D eigenvalue weighted by molar-refractivity contribution is 6.09. The third-order valence-electron chi connectivity index (χ3n) is 5.42. The lowest BCUT2D eigenvalue weighted by molar-refractivity contribution is 1.01. The lowest BCUT2D eigenvalue weighted by atomic mass is 9.83. The Labute approximate surface area is 134 Å². The Morgan fingerprint density at radius 2 is 1.35 bits per heavy atom. The Bertz CT molecular complexity index is 1110. The van der Waals surface area contributed by atoms with Crippen LogP contribution in [0.3, 0.4) is 0 Å². The van der Waals surface area contributed by atoms with Crippen LogP contribution in [-0.2, 0) is 0 Å². The van der Waals surface area contributed by atoms with E-state index in [0.717, 1.165) is 0 Å². The molecule has 1 fully saturated rings. The van der Waals surface area contributed by atoms with Gasteiger partial charge in [-0.25, -0.2) is 0 Å². The van der Waals surface area contributed by atoms with Crippen LogP contribution < -0.4 is 5.32 Å². The molecule has 1 heterocycles. The van der Waals surface area contributed by atoms with Gasteiger partial charge in [-0.05, 0) is 55.9 Å². The summed E-state index contributed by atoms with van der Waals surface area (Å²) in [5.41, 5.74) is 5.70. The highest BCUT2D eigenvalue weighted by atomic mass is 15.2. The van der Waals surface area contributed by atoms with Crippen LogP contribution in [0, 0.1) is 0 Å². The first-order valence-corrected chi connectivity index (χ1v) is 8.21. The van der Waals surface area contributed by atoms with Crippen LogP contribution in [0.4, 0.5) is 0 Å². The zero-order valence-electron chi connectivity index (χ0n) is 12.6. The molecule has 1 heteroatoms. The lowest BCUT2D eigenvalue weighted by Crippen LogP contribution is -1.99. The lowest BCUT2D eigenvalue weighted by Gasteiger charge is -2.19. The van der Waals surface area contributed by atoms with Gasteiger partial charge in [0.05, 0.1) is 12.1 Å².